The van der Waals surface area contributed by atoms with Crippen LogP contribution in [0.2, 0.25) is 0 Å². The second-order valence-corrected chi connectivity index (χ2v) is 9.90. The number of carbonyl (C=O) groups is 1. The third-order valence-electron chi connectivity index (χ3n) is 5.31. The second kappa shape index (κ2) is 9.00. The van der Waals surface area contributed by atoms with Crippen LogP contribution in [0.4, 0.5) is 5.69 Å². The van der Waals surface area contributed by atoms with Gasteiger partial charge in [0.15, 0.2) is 5.58 Å². The van der Waals surface area contributed by atoms with E-state index in [9.17, 15) is 18.0 Å². The zero-order chi connectivity index (χ0) is 23.8. The van der Waals surface area contributed by atoms with Gasteiger partial charge < -0.3 is 19.4 Å². The van der Waals surface area contributed by atoms with Crippen LogP contribution in [0.5, 0.6) is 5.75 Å². The summed E-state index contributed by atoms with van der Waals surface area (Å²) in [6.07, 6.45) is 1.58. The Morgan fingerprint density at radius 1 is 1.21 bits per heavy atom. The highest BCUT2D eigenvalue weighted by Gasteiger charge is 2.30. The number of aromatic nitrogens is 1. The molecule has 1 fully saturated rings. The molecule has 0 spiro atoms. The van der Waals surface area contributed by atoms with E-state index in [0.29, 0.717) is 29.9 Å². The number of fused-ring (bicyclic) bond motifs is 1. The first-order valence-corrected chi connectivity index (χ1v) is 12.0. The summed E-state index contributed by atoms with van der Waals surface area (Å²) in [5.74, 6) is -0.807. The fourth-order valence-corrected chi connectivity index (χ4v) is 4.87. The van der Waals surface area contributed by atoms with Gasteiger partial charge in [0.05, 0.1) is 12.6 Å². The van der Waals surface area contributed by atoms with E-state index in [0.717, 1.165) is 12.8 Å². The van der Waals surface area contributed by atoms with Crippen molar-refractivity contribution in [3.8, 4) is 5.75 Å². The van der Waals surface area contributed by atoms with Crippen LogP contribution in [0, 0.1) is 0 Å². The number of likely N-dealkylation sites (N-methyl/N-ethyl adjacent to an activating group) is 1. The summed E-state index contributed by atoms with van der Waals surface area (Å²) in [4.78, 5) is 27.0. The van der Waals surface area contributed by atoms with E-state index in [1.807, 2.05) is 19.0 Å². The number of oxazole rings is 1. The van der Waals surface area contributed by atoms with Crippen LogP contribution in [0.1, 0.15) is 23.2 Å². The molecule has 176 valence electrons. The van der Waals surface area contributed by atoms with Gasteiger partial charge in [-0.3, -0.25) is 9.36 Å². The van der Waals surface area contributed by atoms with Crippen molar-refractivity contribution in [3.05, 3.63) is 52.5 Å². The van der Waals surface area contributed by atoms with Crippen molar-refractivity contribution >= 4 is 32.7 Å². The van der Waals surface area contributed by atoms with E-state index in [1.54, 1.807) is 18.2 Å². The van der Waals surface area contributed by atoms with E-state index in [-0.39, 0.29) is 22.3 Å². The number of rotatable bonds is 9. The van der Waals surface area contributed by atoms with Crippen LogP contribution in [0.15, 0.2) is 50.5 Å². The first kappa shape index (κ1) is 23.0. The molecular weight excluding hydrogens is 448 g/mol. The second-order valence-electron chi connectivity index (χ2n) is 8.22. The molecule has 4 rings (SSSR count). The lowest BCUT2D eigenvalue weighted by atomic mass is 10.2. The largest absolute Gasteiger partial charge is 0.495 e. The monoisotopic (exact) mass is 474 g/mol. The maximum Gasteiger partial charge on any atom is 0.419 e. The van der Waals surface area contributed by atoms with Gasteiger partial charge in [-0.25, -0.2) is 17.9 Å². The van der Waals surface area contributed by atoms with Gasteiger partial charge in [0.2, 0.25) is 10.0 Å². The Bertz CT molecular complexity index is 1350. The fraction of sp³-hybridized carbons (Fsp3) is 0.364. The van der Waals surface area contributed by atoms with Crippen LogP contribution in [0.25, 0.3) is 11.1 Å². The number of anilines is 1. The lowest BCUT2D eigenvalue weighted by Gasteiger charge is -2.12. The average molecular weight is 475 g/mol. The van der Waals surface area contributed by atoms with E-state index >= 15 is 0 Å². The molecule has 2 aromatic carbocycles. The Kier molecular flexibility index (Phi) is 6.28. The number of benzene rings is 2. The van der Waals surface area contributed by atoms with Crippen molar-refractivity contribution in [3.63, 3.8) is 0 Å². The standard InChI is InChI=1S/C22H26N4O6S/c1-25(2)10-11-26-17-13-16(7-9-18(17)32-22(26)28)23-21(27)14-4-8-19(31-3)20(12-14)33(29,30)24-15-5-6-15/h4,7-9,12-13,15,24H,5-6,10-11H2,1-3H3,(H,23,27). The van der Waals surface area contributed by atoms with Crippen LogP contribution in [-0.2, 0) is 16.6 Å². The molecule has 1 aliphatic carbocycles. The van der Waals surface area contributed by atoms with Crippen molar-refractivity contribution in [2.75, 3.05) is 33.1 Å². The van der Waals surface area contributed by atoms with Crippen molar-refractivity contribution in [2.24, 2.45) is 0 Å². The minimum Gasteiger partial charge on any atom is -0.495 e. The van der Waals surface area contributed by atoms with Crippen LogP contribution in [0.3, 0.4) is 0 Å². The maximum atomic E-state index is 12.9. The molecule has 0 saturated heterocycles. The molecule has 3 aromatic rings. The lowest BCUT2D eigenvalue weighted by Crippen LogP contribution is -2.26. The fourth-order valence-electron chi connectivity index (χ4n) is 3.37. The van der Waals surface area contributed by atoms with Crippen LogP contribution >= 0.6 is 0 Å². The number of sulfonamides is 1. The van der Waals surface area contributed by atoms with Gasteiger partial charge in [-0.1, -0.05) is 0 Å². The molecule has 1 aliphatic rings. The quantitative estimate of drug-likeness (QED) is 0.485. The molecule has 1 amide bonds. The molecule has 0 atom stereocenters. The zero-order valence-electron chi connectivity index (χ0n) is 18.6. The Morgan fingerprint density at radius 3 is 2.64 bits per heavy atom. The molecule has 1 aromatic heterocycles. The summed E-state index contributed by atoms with van der Waals surface area (Å²) < 4.78 is 40.0. The smallest absolute Gasteiger partial charge is 0.419 e. The average Bonchev–Trinajstić information content (AvgIpc) is 3.51. The summed E-state index contributed by atoms with van der Waals surface area (Å²) in [6.45, 7) is 1.08. The number of hydrogen-bond acceptors (Lipinski definition) is 7. The Balaban J connectivity index is 1.61. The van der Waals surface area contributed by atoms with Crippen molar-refractivity contribution in [2.45, 2.75) is 30.3 Å². The van der Waals surface area contributed by atoms with Gasteiger partial charge in [0, 0.05) is 30.4 Å². The van der Waals surface area contributed by atoms with E-state index in [4.69, 9.17) is 9.15 Å². The zero-order valence-corrected chi connectivity index (χ0v) is 19.4. The molecule has 0 unspecified atom stereocenters. The molecule has 0 radical (unpaired) electrons. The molecule has 11 heteroatoms. The predicted octanol–water partition coefficient (Wildman–Crippen LogP) is 1.86. The van der Waals surface area contributed by atoms with Crippen LogP contribution < -0.4 is 20.5 Å². The molecule has 1 saturated carbocycles. The van der Waals surface area contributed by atoms with E-state index < -0.39 is 21.7 Å². The van der Waals surface area contributed by atoms with Gasteiger partial charge in [0.1, 0.15) is 10.6 Å². The maximum absolute atomic E-state index is 12.9. The Hall–Kier alpha value is -3.15. The van der Waals surface area contributed by atoms with Crippen molar-refractivity contribution < 1.29 is 22.4 Å². The topological polar surface area (TPSA) is 123 Å². The number of nitrogens with zero attached hydrogens (tertiary/aromatic N) is 2. The Labute approximate surface area is 191 Å². The first-order chi connectivity index (χ1) is 15.7. The first-order valence-electron chi connectivity index (χ1n) is 10.5. The lowest BCUT2D eigenvalue weighted by molar-refractivity contribution is 0.102. The minimum absolute atomic E-state index is 0.0797. The highest BCUT2D eigenvalue weighted by atomic mass is 32.2. The molecular formula is C22H26N4O6S. The normalized spacial score (nSPS) is 14.1. The van der Waals surface area contributed by atoms with Gasteiger partial charge in [0.25, 0.3) is 5.91 Å². The molecule has 10 nitrogen and oxygen atoms in total. The number of amides is 1. The van der Waals surface area contributed by atoms with E-state index in [1.165, 1.54) is 29.9 Å². The third kappa shape index (κ3) is 5.10. The van der Waals surface area contributed by atoms with Crippen LogP contribution in [-0.4, -0.2) is 57.6 Å². The minimum atomic E-state index is -3.82. The molecule has 1 heterocycles. The molecule has 0 aliphatic heterocycles. The summed E-state index contributed by atoms with van der Waals surface area (Å²) >= 11 is 0. The molecule has 2 N–H and O–H groups in total. The van der Waals surface area contributed by atoms with Gasteiger partial charge >= 0.3 is 5.76 Å². The molecule has 33 heavy (non-hydrogen) atoms. The molecule has 0 bridgehead atoms. The number of carbonyl (C=O) groups excluding carboxylic acids is 1. The highest BCUT2D eigenvalue weighted by Crippen LogP contribution is 2.29. The van der Waals surface area contributed by atoms with Gasteiger partial charge in [-0.05, 0) is 63.3 Å². The summed E-state index contributed by atoms with van der Waals surface area (Å²) in [5.41, 5.74) is 1.58. The third-order valence-corrected chi connectivity index (χ3v) is 6.85. The number of methoxy groups -OCH3 is 1. The van der Waals surface area contributed by atoms with Gasteiger partial charge in [-0.2, -0.15) is 0 Å². The number of hydrogen-bond donors (Lipinski definition) is 2. The van der Waals surface area contributed by atoms with Crippen molar-refractivity contribution in [1.29, 1.82) is 0 Å². The number of nitrogens with one attached hydrogen (secondary N) is 2. The summed E-state index contributed by atoms with van der Waals surface area (Å²) in [6, 6.07) is 9.05. The van der Waals surface area contributed by atoms with Crippen molar-refractivity contribution in [1.82, 2.24) is 14.2 Å². The predicted molar refractivity (Wildman–Crippen MR) is 123 cm³/mol. The SMILES string of the molecule is COc1ccc(C(=O)Nc2ccc3oc(=O)n(CCN(C)C)c3c2)cc1S(=O)(=O)NC1CC1. The Morgan fingerprint density at radius 2 is 1.97 bits per heavy atom. The van der Waals surface area contributed by atoms with E-state index in [2.05, 4.69) is 10.0 Å². The number of ether oxygens (including phenoxy) is 1. The highest BCUT2D eigenvalue weighted by molar-refractivity contribution is 7.89. The summed E-state index contributed by atoms with van der Waals surface area (Å²) in [7, 11) is 1.36. The summed E-state index contributed by atoms with van der Waals surface area (Å²) in [5, 5.41) is 2.76. The van der Waals surface area contributed by atoms with Gasteiger partial charge in [-0.15, -0.1) is 0 Å².